The summed E-state index contributed by atoms with van der Waals surface area (Å²) >= 11 is 0. The number of hydrogen-bond acceptors (Lipinski definition) is 4. The van der Waals surface area contributed by atoms with Crippen LogP contribution in [0.3, 0.4) is 0 Å². The molecule has 0 aromatic rings. The molecular formula is C5H17N2O4P. The summed E-state index contributed by atoms with van der Waals surface area (Å²) in [5, 5.41) is 0. The maximum atomic E-state index is 9.92. The minimum atomic E-state index is -2.70. The summed E-state index contributed by atoms with van der Waals surface area (Å²) in [6.45, 7) is 0.905. The van der Waals surface area contributed by atoms with Crippen LogP contribution in [-0.2, 0) is 9.26 Å². The quantitative estimate of drug-likeness (QED) is 0.613. The Labute approximate surface area is 73.0 Å². The van der Waals surface area contributed by atoms with Crippen LogP contribution in [0.5, 0.6) is 0 Å². The highest BCUT2D eigenvalue weighted by atomic mass is 31.2. The molecule has 1 saturated heterocycles. The number of quaternary nitrogens is 2. The average Bonchev–Trinajstić information content (AvgIpc) is 2.34. The van der Waals surface area contributed by atoms with Crippen LogP contribution in [0.4, 0.5) is 0 Å². The van der Waals surface area contributed by atoms with E-state index in [1.54, 1.807) is 0 Å². The third-order valence-corrected chi connectivity index (χ3v) is 1.75. The second-order valence-corrected chi connectivity index (χ2v) is 2.86. The van der Waals surface area contributed by atoms with Crippen molar-refractivity contribution >= 4 is 8.60 Å². The lowest BCUT2D eigenvalue weighted by Gasteiger charge is -2.30. The van der Waals surface area contributed by atoms with Gasteiger partial charge in [0.2, 0.25) is 0 Å². The van der Waals surface area contributed by atoms with E-state index in [0.717, 1.165) is 19.4 Å². The molecule has 1 heterocycles. The highest BCUT2D eigenvalue weighted by Gasteiger charge is 2.14. The zero-order chi connectivity index (χ0) is 7.40. The smallest absolute Gasteiger partial charge is 0.0811 e. The summed E-state index contributed by atoms with van der Waals surface area (Å²) in [6, 6.07) is 0. The first kappa shape index (κ1) is 14.7. The Hall–Kier alpha value is 0.190. The summed E-state index contributed by atoms with van der Waals surface area (Å²) in [7, 11) is -2.70. The molecule has 1 fully saturated rings. The van der Waals surface area contributed by atoms with Gasteiger partial charge in [-0.3, -0.25) is 0 Å². The molecule has 0 aromatic carbocycles. The van der Waals surface area contributed by atoms with E-state index in [1.807, 2.05) is 0 Å². The van der Waals surface area contributed by atoms with E-state index in [-0.39, 0.29) is 25.0 Å². The molecule has 1 unspecified atom stereocenters. The third kappa shape index (κ3) is 5.79. The highest BCUT2D eigenvalue weighted by molar-refractivity contribution is 7.36. The van der Waals surface area contributed by atoms with Crippen LogP contribution in [-0.4, -0.2) is 19.3 Å². The van der Waals surface area contributed by atoms with Gasteiger partial charge in [-0.05, 0) is 12.8 Å². The average molecular weight is 200 g/mol. The molecule has 0 radical (unpaired) electrons. The van der Waals surface area contributed by atoms with E-state index in [4.69, 9.17) is 4.74 Å². The molecule has 12 heavy (non-hydrogen) atoms. The molecule has 8 N–H and O–H groups in total. The third-order valence-electron chi connectivity index (χ3n) is 1.39. The van der Waals surface area contributed by atoms with Crippen molar-refractivity contribution in [3.63, 3.8) is 0 Å². The van der Waals surface area contributed by atoms with Gasteiger partial charge in [0.25, 0.3) is 0 Å². The van der Waals surface area contributed by atoms with Gasteiger partial charge in [0, 0.05) is 6.61 Å². The Morgan fingerprint density at radius 2 is 2.08 bits per heavy atom. The van der Waals surface area contributed by atoms with E-state index in [0.29, 0.717) is 0 Å². The van der Waals surface area contributed by atoms with E-state index < -0.39 is 8.60 Å². The Kier molecular flexibility index (Phi) is 9.58. The molecule has 6 nitrogen and oxygen atoms in total. The highest BCUT2D eigenvalue weighted by Crippen LogP contribution is 2.18. The fourth-order valence-corrected chi connectivity index (χ4v) is 1.21. The summed E-state index contributed by atoms with van der Waals surface area (Å²) in [6.07, 6.45) is 1.90. The van der Waals surface area contributed by atoms with Crippen LogP contribution < -0.4 is 22.1 Å². The van der Waals surface area contributed by atoms with Gasteiger partial charge in [-0.1, -0.05) is 0 Å². The van der Waals surface area contributed by atoms with E-state index >= 15 is 0 Å². The molecule has 0 aliphatic carbocycles. The van der Waals surface area contributed by atoms with Gasteiger partial charge in [-0.25, -0.2) is 0 Å². The molecule has 0 bridgehead atoms. The Morgan fingerprint density at radius 3 is 2.50 bits per heavy atom. The van der Waals surface area contributed by atoms with Crippen molar-refractivity contribution in [1.82, 2.24) is 12.3 Å². The molecule has 1 aliphatic rings. The van der Waals surface area contributed by atoms with Crippen LogP contribution >= 0.6 is 8.60 Å². The first-order valence-corrected chi connectivity index (χ1v) is 4.27. The fraction of sp³-hybridized carbons (Fsp3) is 1.00. The summed E-state index contributed by atoms with van der Waals surface area (Å²) in [5.74, 6) is 0. The lowest BCUT2D eigenvalue weighted by Crippen LogP contribution is -2.18. The molecular weight excluding hydrogens is 183 g/mol. The van der Waals surface area contributed by atoms with Crippen LogP contribution in [0.1, 0.15) is 12.8 Å². The Bertz CT molecular complexity index is 99.4. The van der Waals surface area contributed by atoms with Crippen LogP contribution in [0.25, 0.3) is 0 Å². The van der Waals surface area contributed by atoms with Gasteiger partial charge in [-0.2, -0.15) is 8.60 Å². The zero-order valence-corrected chi connectivity index (χ0v) is 8.38. The van der Waals surface area contributed by atoms with Crippen LogP contribution in [0.2, 0.25) is 0 Å². The van der Waals surface area contributed by atoms with Crippen molar-refractivity contribution in [2.24, 2.45) is 0 Å². The molecule has 7 heteroatoms. The fourth-order valence-electron chi connectivity index (χ4n) is 0.920. The number of hydrogen-bond donors (Lipinski definition) is 2. The Balaban J connectivity index is 0. The second kappa shape index (κ2) is 7.82. The molecule has 0 spiro atoms. The van der Waals surface area contributed by atoms with E-state index in [1.165, 1.54) is 0 Å². The lowest BCUT2D eigenvalue weighted by molar-refractivity contribution is -0.319. The van der Waals surface area contributed by atoms with Crippen molar-refractivity contribution in [2.75, 3.05) is 13.2 Å². The van der Waals surface area contributed by atoms with Gasteiger partial charge in [-0.15, -0.1) is 0 Å². The van der Waals surface area contributed by atoms with Crippen molar-refractivity contribution in [1.29, 1.82) is 0 Å². The maximum absolute atomic E-state index is 9.92. The summed E-state index contributed by atoms with van der Waals surface area (Å²) in [4.78, 5) is 19.8. The van der Waals surface area contributed by atoms with E-state index in [2.05, 4.69) is 4.52 Å². The standard InChI is InChI=1S/C5H9O4P.2H3N/c6-10(7)9-4-5-2-1-3-8-5;;/h5H,1-4H2;2*1H3/q-2;;/p+2. The Morgan fingerprint density at radius 1 is 1.42 bits per heavy atom. The van der Waals surface area contributed by atoms with Gasteiger partial charge in [0.1, 0.15) is 0 Å². The van der Waals surface area contributed by atoms with Gasteiger partial charge >= 0.3 is 0 Å². The van der Waals surface area contributed by atoms with Crippen LogP contribution in [0.15, 0.2) is 0 Å². The first-order valence-electron chi connectivity index (χ1n) is 3.18. The summed E-state index contributed by atoms with van der Waals surface area (Å²) in [5.41, 5.74) is 0. The number of ether oxygens (including phenoxy) is 1. The SMILES string of the molecule is [NH4+].[NH4+].[O-]P([O-])OCC1CCCO1. The van der Waals surface area contributed by atoms with E-state index in [9.17, 15) is 9.79 Å². The first-order chi connectivity index (χ1) is 4.79. The van der Waals surface area contributed by atoms with Crippen LogP contribution in [0, 0.1) is 0 Å². The summed E-state index contributed by atoms with van der Waals surface area (Å²) < 4.78 is 9.47. The predicted octanol–water partition coefficient (Wildman–Crippen LogP) is -0.118. The van der Waals surface area contributed by atoms with Gasteiger partial charge in [0.15, 0.2) is 0 Å². The molecule has 1 atom stereocenters. The molecule has 1 rings (SSSR count). The van der Waals surface area contributed by atoms with Gasteiger partial charge < -0.3 is 31.3 Å². The molecule has 0 aromatic heterocycles. The topological polar surface area (TPSA) is 138 Å². The molecule has 76 valence electrons. The molecule has 0 saturated carbocycles. The second-order valence-electron chi connectivity index (χ2n) is 2.15. The minimum absolute atomic E-state index is 0. The zero-order valence-electron chi connectivity index (χ0n) is 7.49. The normalized spacial score (nSPS) is 21.8. The van der Waals surface area contributed by atoms with Crippen molar-refractivity contribution in [3.05, 3.63) is 0 Å². The monoisotopic (exact) mass is 200 g/mol. The van der Waals surface area contributed by atoms with Crippen molar-refractivity contribution in [2.45, 2.75) is 18.9 Å². The van der Waals surface area contributed by atoms with Gasteiger partial charge in [0.05, 0.1) is 12.7 Å². The number of rotatable bonds is 3. The largest absolute Gasteiger partial charge is 0.820 e. The lowest BCUT2D eigenvalue weighted by atomic mass is 10.2. The molecule has 1 aliphatic heterocycles. The molecule has 0 amide bonds. The minimum Gasteiger partial charge on any atom is -0.820 e. The van der Waals surface area contributed by atoms with Crippen molar-refractivity contribution in [3.8, 4) is 0 Å². The van der Waals surface area contributed by atoms with Crippen molar-refractivity contribution < 1.29 is 19.0 Å². The predicted molar refractivity (Wildman–Crippen MR) is 43.8 cm³/mol. The maximum Gasteiger partial charge on any atom is 0.0811 e.